The van der Waals surface area contributed by atoms with Gasteiger partial charge in [0.05, 0.1) is 0 Å². The van der Waals surface area contributed by atoms with Gasteiger partial charge in [-0.1, -0.05) is 88.8 Å². The molecule has 1 aromatic heterocycles. The van der Waals surface area contributed by atoms with Crippen molar-refractivity contribution in [3.05, 3.63) is 59.9 Å². The zero-order valence-corrected chi connectivity index (χ0v) is 20.6. The highest BCUT2D eigenvalue weighted by molar-refractivity contribution is 5.55. The number of benzene rings is 1. The molecule has 1 saturated carbocycles. The molecule has 0 atom stereocenters. The number of allylic oxidation sites excluding steroid dienone is 2. The van der Waals surface area contributed by atoms with Gasteiger partial charge in [-0.2, -0.15) is 0 Å². The number of unbranched alkanes of at least 4 members (excludes halogenated alkanes) is 4. The van der Waals surface area contributed by atoms with Crippen LogP contribution in [0.25, 0.3) is 11.4 Å². The lowest BCUT2D eigenvalue weighted by molar-refractivity contribution is 0.289. The third-order valence-electron chi connectivity index (χ3n) is 7.10. The maximum Gasteiger partial charge on any atom is 0.159 e. The van der Waals surface area contributed by atoms with Crippen LogP contribution in [-0.2, 0) is 12.8 Å². The standard InChI is InChI=1S/C30H44N2/c1-3-5-7-11-25-15-17-26(18-16-25)12-9-10-13-27-19-21-29(22-20-27)30-31-23-28(24-32-30)14-8-6-4-2/h9,12,19-26H,3-8,10-11,13-18H2,1-2H3/b12-9+/t25-,26-. The van der Waals surface area contributed by atoms with Crippen LogP contribution in [0.4, 0.5) is 0 Å². The molecule has 1 fully saturated rings. The monoisotopic (exact) mass is 432 g/mol. The van der Waals surface area contributed by atoms with Gasteiger partial charge in [-0.25, -0.2) is 9.97 Å². The zero-order chi connectivity index (χ0) is 22.4. The minimum Gasteiger partial charge on any atom is -0.236 e. The number of hydrogen-bond acceptors (Lipinski definition) is 2. The first-order valence-electron chi connectivity index (χ1n) is 13.3. The Morgan fingerprint density at radius 2 is 1.47 bits per heavy atom. The number of rotatable bonds is 13. The second kappa shape index (κ2) is 14.2. The van der Waals surface area contributed by atoms with Crippen LogP contribution in [0.5, 0.6) is 0 Å². The summed E-state index contributed by atoms with van der Waals surface area (Å²) in [6.45, 7) is 4.54. The highest BCUT2D eigenvalue weighted by Crippen LogP contribution is 2.32. The molecule has 3 rings (SSSR count). The molecule has 0 aliphatic heterocycles. The second-order valence-electron chi connectivity index (χ2n) is 9.81. The maximum atomic E-state index is 4.59. The summed E-state index contributed by atoms with van der Waals surface area (Å²) in [4.78, 5) is 9.18. The summed E-state index contributed by atoms with van der Waals surface area (Å²) in [5, 5.41) is 0. The van der Waals surface area contributed by atoms with Gasteiger partial charge in [0.15, 0.2) is 5.82 Å². The van der Waals surface area contributed by atoms with Gasteiger partial charge in [0.1, 0.15) is 0 Å². The van der Waals surface area contributed by atoms with Crippen LogP contribution < -0.4 is 0 Å². The molecule has 1 aliphatic rings. The van der Waals surface area contributed by atoms with E-state index in [9.17, 15) is 0 Å². The van der Waals surface area contributed by atoms with Crippen molar-refractivity contribution in [1.82, 2.24) is 9.97 Å². The molecule has 174 valence electrons. The smallest absolute Gasteiger partial charge is 0.159 e. The van der Waals surface area contributed by atoms with Crippen molar-refractivity contribution in [2.45, 2.75) is 104 Å². The fourth-order valence-electron chi connectivity index (χ4n) is 4.92. The molecule has 32 heavy (non-hydrogen) atoms. The zero-order valence-electron chi connectivity index (χ0n) is 20.6. The fourth-order valence-corrected chi connectivity index (χ4v) is 4.92. The van der Waals surface area contributed by atoms with E-state index in [0.29, 0.717) is 0 Å². The molecule has 2 aromatic rings. The highest BCUT2D eigenvalue weighted by atomic mass is 14.9. The third-order valence-corrected chi connectivity index (χ3v) is 7.10. The number of hydrogen-bond donors (Lipinski definition) is 0. The van der Waals surface area contributed by atoms with E-state index >= 15 is 0 Å². The summed E-state index contributed by atoms with van der Waals surface area (Å²) < 4.78 is 0. The van der Waals surface area contributed by atoms with Gasteiger partial charge in [-0.15, -0.1) is 0 Å². The summed E-state index contributed by atoms with van der Waals surface area (Å²) in [6, 6.07) is 8.82. The van der Waals surface area contributed by atoms with Crippen molar-refractivity contribution in [2.75, 3.05) is 0 Å². The Morgan fingerprint density at radius 3 is 2.16 bits per heavy atom. The van der Waals surface area contributed by atoms with Crippen LogP contribution in [0.1, 0.15) is 102 Å². The highest BCUT2D eigenvalue weighted by Gasteiger charge is 2.18. The Hall–Kier alpha value is -1.96. The topological polar surface area (TPSA) is 25.8 Å². The van der Waals surface area contributed by atoms with Crippen LogP contribution in [0.3, 0.4) is 0 Å². The Kier molecular flexibility index (Phi) is 11.0. The average molecular weight is 433 g/mol. The number of nitrogens with zero attached hydrogens (tertiary/aromatic N) is 2. The second-order valence-corrected chi connectivity index (χ2v) is 9.81. The van der Waals surface area contributed by atoms with Crippen LogP contribution in [-0.4, -0.2) is 9.97 Å². The third kappa shape index (κ3) is 8.52. The van der Waals surface area contributed by atoms with Gasteiger partial charge in [0.2, 0.25) is 0 Å². The van der Waals surface area contributed by atoms with Crippen molar-refractivity contribution in [3.8, 4) is 11.4 Å². The normalized spacial score (nSPS) is 18.9. The lowest BCUT2D eigenvalue weighted by atomic mass is 9.79. The molecule has 2 nitrogen and oxygen atoms in total. The molecule has 0 bridgehead atoms. The van der Waals surface area contributed by atoms with E-state index in [1.165, 1.54) is 81.8 Å². The van der Waals surface area contributed by atoms with Gasteiger partial charge in [-0.3, -0.25) is 0 Å². The Balaban J connectivity index is 1.37. The van der Waals surface area contributed by atoms with E-state index in [-0.39, 0.29) is 0 Å². The molecule has 0 radical (unpaired) electrons. The van der Waals surface area contributed by atoms with E-state index < -0.39 is 0 Å². The number of aromatic nitrogens is 2. The maximum absolute atomic E-state index is 4.59. The minimum atomic E-state index is 0.821. The van der Waals surface area contributed by atoms with E-state index in [2.05, 4.69) is 60.2 Å². The predicted molar refractivity (Wildman–Crippen MR) is 138 cm³/mol. The largest absolute Gasteiger partial charge is 0.236 e. The molecule has 2 heteroatoms. The quantitative estimate of drug-likeness (QED) is 0.233. The first kappa shape index (κ1) is 24.7. The summed E-state index contributed by atoms with van der Waals surface area (Å²) in [5.74, 6) is 2.66. The van der Waals surface area contributed by atoms with Gasteiger partial charge in [0, 0.05) is 18.0 Å². The molecule has 0 amide bonds. The van der Waals surface area contributed by atoms with Crippen LogP contribution >= 0.6 is 0 Å². The fraction of sp³-hybridized carbons (Fsp3) is 0.600. The van der Waals surface area contributed by atoms with Crippen LogP contribution in [0.15, 0.2) is 48.8 Å². The minimum absolute atomic E-state index is 0.821. The number of aryl methyl sites for hydroxylation is 2. The Labute approximate surface area is 197 Å². The molecule has 0 spiro atoms. The van der Waals surface area contributed by atoms with Crippen LogP contribution in [0, 0.1) is 11.8 Å². The molecule has 0 N–H and O–H groups in total. The SMILES string of the molecule is CCCCCc1cnc(-c2ccc(CC/C=C/[C@H]3CC[C@H](CCCCC)CC3)cc2)nc1. The van der Waals surface area contributed by atoms with E-state index in [1.54, 1.807) is 0 Å². The van der Waals surface area contributed by atoms with Gasteiger partial charge >= 0.3 is 0 Å². The van der Waals surface area contributed by atoms with Crippen LogP contribution in [0.2, 0.25) is 0 Å². The predicted octanol–water partition coefficient (Wildman–Crippen LogP) is 8.75. The van der Waals surface area contributed by atoms with Crippen molar-refractivity contribution in [3.63, 3.8) is 0 Å². The van der Waals surface area contributed by atoms with Gasteiger partial charge in [0.25, 0.3) is 0 Å². The summed E-state index contributed by atoms with van der Waals surface area (Å²) in [5.41, 5.74) is 3.75. The van der Waals surface area contributed by atoms with Crippen molar-refractivity contribution in [1.29, 1.82) is 0 Å². The van der Waals surface area contributed by atoms with Gasteiger partial charge < -0.3 is 0 Å². The lowest BCUT2D eigenvalue weighted by Crippen LogP contribution is -2.13. The molecule has 1 heterocycles. The Morgan fingerprint density at radius 1 is 0.781 bits per heavy atom. The first-order valence-corrected chi connectivity index (χ1v) is 13.3. The molecule has 0 saturated heterocycles. The van der Waals surface area contributed by atoms with Crippen molar-refractivity contribution in [2.24, 2.45) is 11.8 Å². The van der Waals surface area contributed by atoms with Crippen molar-refractivity contribution >= 4 is 0 Å². The Bertz CT molecular complexity index is 767. The first-order chi connectivity index (χ1) is 15.8. The van der Waals surface area contributed by atoms with Crippen molar-refractivity contribution < 1.29 is 0 Å². The molecular weight excluding hydrogens is 388 g/mol. The molecular formula is C30H44N2. The molecule has 1 aliphatic carbocycles. The lowest BCUT2D eigenvalue weighted by Gasteiger charge is -2.26. The average Bonchev–Trinajstić information content (AvgIpc) is 2.84. The van der Waals surface area contributed by atoms with E-state index in [0.717, 1.165) is 42.5 Å². The van der Waals surface area contributed by atoms with Gasteiger partial charge in [-0.05, 0) is 74.3 Å². The van der Waals surface area contributed by atoms with E-state index in [4.69, 9.17) is 0 Å². The molecule has 0 unspecified atom stereocenters. The summed E-state index contributed by atoms with van der Waals surface area (Å²) in [7, 11) is 0. The molecule has 1 aromatic carbocycles. The van der Waals surface area contributed by atoms with E-state index in [1.807, 2.05) is 12.4 Å². The summed E-state index contributed by atoms with van der Waals surface area (Å²) >= 11 is 0. The summed E-state index contributed by atoms with van der Waals surface area (Å²) in [6.07, 6.45) is 27.4.